The highest BCUT2D eigenvalue weighted by Crippen LogP contribution is 2.52. The van der Waals surface area contributed by atoms with Gasteiger partial charge in [0.05, 0.1) is 11.4 Å². The van der Waals surface area contributed by atoms with Gasteiger partial charge in [0, 0.05) is 28.6 Å². The Morgan fingerprint density at radius 1 is 0.553 bits per heavy atom. The fourth-order valence-corrected chi connectivity index (χ4v) is 6.35. The molecule has 4 aromatic carbocycles. The van der Waals surface area contributed by atoms with Crippen LogP contribution in [0.2, 0.25) is 0 Å². The Morgan fingerprint density at radius 3 is 1.61 bits per heavy atom. The Labute approximate surface area is 227 Å². The van der Waals surface area contributed by atoms with Crippen LogP contribution in [0.4, 0.5) is 17.1 Å². The molecular weight excluding hydrogens is 482 g/mol. The topological polar surface area (TPSA) is 27.3 Å². The molecule has 3 nitrogen and oxygen atoms in total. The monoisotopic (exact) mass is 509 g/mol. The minimum atomic E-state index is 0.861. The van der Waals surface area contributed by atoms with Crippen LogP contribution in [0.25, 0.3) is 22.3 Å². The Balaban J connectivity index is 1.33. The van der Waals surface area contributed by atoms with Gasteiger partial charge in [0.15, 0.2) is 0 Å². The second kappa shape index (κ2) is 9.81. The summed E-state index contributed by atoms with van der Waals surface area (Å²) in [6.07, 6.45) is 12.9. The predicted octanol–water partition coefficient (Wildman–Crippen LogP) is 8.29. The van der Waals surface area contributed by atoms with Crippen molar-refractivity contribution < 1.29 is 0 Å². The molecule has 4 aromatic rings. The lowest BCUT2D eigenvalue weighted by Gasteiger charge is -2.34. The number of allylic oxidation sites excluding steroid dienone is 4. The highest BCUT2D eigenvalue weighted by molar-refractivity contribution is 7.99. The molecule has 0 amide bonds. The number of hydrogen-bond donors (Lipinski definition) is 2. The molecule has 0 saturated heterocycles. The van der Waals surface area contributed by atoms with Crippen LogP contribution in [-0.4, -0.2) is 13.1 Å². The van der Waals surface area contributed by atoms with Gasteiger partial charge in [-0.25, -0.2) is 0 Å². The molecule has 3 heterocycles. The molecule has 7 rings (SSSR count). The first-order valence-corrected chi connectivity index (χ1v) is 13.8. The van der Waals surface area contributed by atoms with Gasteiger partial charge in [-0.15, -0.1) is 0 Å². The van der Waals surface area contributed by atoms with Crippen LogP contribution in [0, 0.1) is 0 Å². The maximum Gasteiger partial charge on any atom is 0.0602 e. The molecule has 0 unspecified atom stereocenters. The second-order valence-electron chi connectivity index (χ2n) is 9.52. The lowest BCUT2D eigenvalue weighted by atomic mass is 10.0. The van der Waals surface area contributed by atoms with Crippen LogP contribution in [0.3, 0.4) is 0 Å². The molecule has 0 aromatic heterocycles. The summed E-state index contributed by atoms with van der Waals surface area (Å²) >= 11 is 1.86. The molecule has 0 aliphatic carbocycles. The molecule has 3 aliphatic heterocycles. The zero-order valence-electron chi connectivity index (χ0n) is 20.9. The first-order valence-electron chi connectivity index (χ1n) is 13.0. The fraction of sp³-hybridized carbons (Fsp3) is 0.0588. The van der Waals surface area contributed by atoms with E-state index in [2.05, 4.69) is 131 Å². The first-order chi connectivity index (χ1) is 18.8. The van der Waals surface area contributed by atoms with E-state index in [1.54, 1.807) is 0 Å². The normalized spacial score (nSPS) is 15.5. The smallest absolute Gasteiger partial charge is 0.0602 e. The minimum absolute atomic E-state index is 0.861. The van der Waals surface area contributed by atoms with Crippen LogP contribution in [0.15, 0.2) is 137 Å². The quantitative estimate of drug-likeness (QED) is 0.255. The number of hydrogen-bond acceptors (Lipinski definition) is 4. The SMILES string of the molecule is C1=CC(c2ccc3c(c2)Sc2cc(C4=CCNC=C4)ccc2N3c2ccc(-c3ccccc3)cc2)=CCN1. The van der Waals surface area contributed by atoms with Crippen molar-refractivity contribution in [2.24, 2.45) is 0 Å². The van der Waals surface area contributed by atoms with Crippen molar-refractivity contribution in [3.63, 3.8) is 0 Å². The van der Waals surface area contributed by atoms with Crippen LogP contribution in [0.5, 0.6) is 0 Å². The van der Waals surface area contributed by atoms with Crippen LogP contribution < -0.4 is 15.5 Å². The van der Waals surface area contributed by atoms with Gasteiger partial charge in [0.25, 0.3) is 0 Å². The summed E-state index contributed by atoms with van der Waals surface area (Å²) < 4.78 is 0. The molecule has 0 saturated carbocycles. The van der Waals surface area contributed by atoms with Crippen LogP contribution in [0.1, 0.15) is 11.1 Å². The lowest BCUT2D eigenvalue weighted by molar-refractivity contribution is 0.975. The van der Waals surface area contributed by atoms with E-state index in [-0.39, 0.29) is 0 Å². The average molecular weight is 510 g/mol. The van der Waals surface area contributed by atoms with E-state index in [1.807, 2.05) is 24.2 Å². The third kappa shape index (κ3) is 4.23. The fourth-order valence-electron chi connectivity index (χ4n) is 5.22. The van der Waals surface area contributed by atoms with Gasteiger partial charge in [-0.2, -0.15) is 0 Å². The maximum atomic E-state index is 3.26. The van der Waals surface area contributed by atoms with Gasteiger partial charge in [-0.3, -0.25) is 0 Å². The van der Waals surface area contributed by atoms with Gasteiger partial charge < -0.3 is 15.5 Å². The summed E-state index contributed by atoms with van der Waals surface area (Å²) in [7, 11) is 0. The molecule has 0 bridgehead atoms. The number of fused-ring (bicyclic) bond motifs is 2. The van der Waals surface area contributed by atoms with Gasteiger partial charge in [0.1, 0.15) is 0 Å². The van der Waals surface area contributed by atoms with E-state index in [0.29, 0.717) is 0 Å². The van der Waals surface area contributed by atoms with Crippen molar-refractivity contribution in [1.82, 2.24) is 10.6 Å². The first kappa shape index (κ1) is 22.8. The van der Waals surface area contributed by atoms with E-state index in [4.69, 9.17) is 0 Å². The Morgan fingerprint density at radius 2 is 1.08 bits per heavy atom. The Hall–Kier alpha value is -4.41. The van der Waals surface area contributed by atoms with Crippen molar-refractivity contribution in [3.8, 4) is 11.1 Å². The van der Waals surface area contributed by atoms with E-state index >= 15 is 0 Å². The highest BCUT2D eigenvalue weighted by atomic mass is 32.2. The number of nitrogens with zero attached hydrogens (tertiary/aromatic N) is 1. The van der Waals surface area contributed by atoms with Crippen molar-refractivity contribution in [1.29, 1.82) is 0 Å². The molecule has 3 aliphatic rings. The van der Waals surface area contributed by atoms with E-state index in [0.717, 1.165) is 18.8 Å². The van der Waals surface area contributed by atoms with Gasteiger partial charge >= 0.3 is 0 Å². The molecular formula is C34H27N3S. The highest BCUT2D eigenvalue weighted by Gasteiger charge is 2.26. The zero-order chi connectivity index (χ0) is 25.3. The van der Waals surface area contributed by atoms with Crippen LogP contribution in [-0.2, 0) is 0 Å². The largest absolute Gasteiger partial charge is 0.387 e. The van der Waals surface area contributed by atoms with Gasteiger partial charge in [-0.05, 0) is 94.4 Å². The maximum absolute atomic E-state index is 3.26. The molecule has 0 spiro atoms. The third-order valence-corrected chi connectivity index (χ3v) is 8.26. The average Bonchev–Trinajstić information content (AvgIpc) is 3.01. The predicted molar refractivity (Wildman–Crippen MR) is 161 cm³/mol. The van der Waals surface area contributed by atoms with Crippen molar-refractivity contribution in [3.05, 3.63) is 139 Å². The van der Waals surface area contributed by atoms with Crippen molar-refractivity contribution >= 4 is 40.0 Å². The number of benzene rings is 4. The van der Waals surface area contributed by atoms with E-state index in [1.165, 1.54) is 54.6 Å². The number of nitrogens with one attached hydrogen (secondary N) is 2. The summed E-state index contributed by atoms with van der Waals surface area (Å²) in [5.74, 6) is 0. The molecule has 4 heteroatoms. The second-order valence-corrected chi connectivity index (χ2v) is 10.6. The summed E-state index contributed by atoms with van der Waals surface area (Å²) in [4.78, 5) is 4.94. The van der Waals surface area contributed by atoms with E-state index < -0.39 is 0 Å². The van der Waals surface area contributed by atoms with Gasteiger partial charge in [-0.1, -0.05) is 78.5 Å². The van der Waals surface area contributed by atoms with E-state index in [9.17, 15) is 0 Å². The Kier molecular flexibility index (Phi) is 5.87. The minimum Gasteiger partial charge on any atom is -0.387 e. The van der Waals surface area contributed by atoms with Crippen LogP contribution >= 0.6 is 11.8 Å². The van der Waals surface area contributed by atoms with Crippen molar-refractivity contribution in [2.75, 3.05) is 18.0 Å². The summed E-state index contributed by atoms with van der Waals surface area (Å²) in [6, 6.07) is 33.2. The zero-order valence-corrected chi connectivity index (χ0v) is 21.7. The molecule has 0 atom stereocenters. The molecule has 2 N–H and O–H groups in total. The summed E-state index contributed by atoms with van der Waals surface area (Å²) in [5, 5.41) is 6.51. The standard InChI is InChI=1S/C34H27N3S/c1-2-4-24(5-3-1)25-6-10-30(11-7-25)37-31-12-8-28(26-14-18-35-19-15-26)22-33(31)38-34-23-29(9-13-32(34)37)27-16-20-36-21-17-27/h1-18,20,22-23,35-36H,19,21H2. The Bertz CT molecular complexity index is 1550. The molecule has 38 heavy (non-hydrogen) atoms. The van der Waals surface area contributed by atoms with Gasteiger partial charge in [0.2, 0.25) is 0 Å². The number of rotatable bonds is 4. The van der Waals surface area contributed by atoms with Crippen molar-refractivity contribution in [2.45, 2.75) is 9.79 Å². The number of anilines is 3. The third-order valence-electron chi connectivity index (χ3n) is 7.16. The molecule has 0 radical (unpaired) electrons. The summed E-state index contributed by atoms with van der Waals surface area (Å²) in [6.45, 7) is 1.72. The molecule has 184 valence electrons. The lowest BCUT2D eigenvalue weighted by Crippen LogP contribution is -2.15. The molecule has 0 fully saturated rings. The number of dihydropyridines is 2. The summed E-state index contributed by atoms with van der Waals surface area (Å²) in [5.41, 5.74) is 11.1.